The lowest BCUT2D eigenvalue weighted by molar-refractivity contribution is -0.116. The van der Waals surface area contributed by atoms with Gasteiger partial charge in [-0.1, -0.05) is 53.7 Å². The first-order valence-corrected chi connectivity index (χ1v) is 11.5. The summed E-state index contributed by atoms with van der Waals surface area (Å²) in [6, 6.07) is 14.9. The summed E-state index contributed by atoms with van der Waals surface area (Å²) in [5.74, 6) is 0.756. The second-order valence-corrected chi connectivity index (χ2v) is 8.36. The Hall–Kier alpha value is -3.17. The van der Waals surface area contributed by atoms with Crippen molar-refractivity contribution in [2.45, 2.75) is 37.2 Å². The third kappa shape index (κ3) is 5.00. The van der Waals surface area contributed by atoms with Crippen LogP contribution in [-0.4, -0.2) is 30.6 Å². The fourth-order valence-electron chi connectivity index (χ4n) is 3.19. The van der Waals surface area contributed by atoms with E-state index >= 15 is 0 Å². The average molecular weight is 469 g/mol. The first-order valence-electron chi connectivity index (χ1n) is 10.1. The van der Waals surface area contributed by atoms with E-state index in [1.165, 1.54) is 11.8 Å². The number of hydrogen-bond acceptors (Lipinski definition) is 6. The van der Waals surface area contributed by atoms with E-state index in [1.807, 2.05) is 54.0 Å². The molecule has 0 saturated heterocycles. The standard InChI is InChI=1S/C22H21ClN6O2S/c1-2-29-21(27-28-22(29)32-13-14-7-3-4-8-15(14)23)26-19(30)12-11-18-20(31)25-17-10-6-5-9-16(17)24-18/h3-10H,2,11-13H2,1H3,(H,25,31)(H,26,27,30). The van der Waals surface area contributed by atoms with Crippen LogP contribution in [0.1, 0.15) is 24.6 Å². The SMILES string of the molecule is CCn1c(NC(=O)CCc2nc3ccccc3[nH]c2=O)nnc1SCc1ccccc1Cl. The van der Waals surface area contributed by atoms with E-state index in [2.05, 4.69) is 25.5 Å². The van der Waals surface area contributed by atoms with Crippen LogP contribution in [0, 0.1) is 0 Å². The van der Waals surface area contributed by atoms with E-state index in [0.717, 1.165) is 5.56 Å². The van der Waals surface area contributed by atoms with Gasteiger partial charge in [0.05, 0.1) is 11.0 Å². The van der Waals surface area contributed by atoms with Crippen molar-refractivity contribution in [1.29, 1.82) is 0 Å². The number of benzene rings is 2. The number of nitrogens with one attached hydrogen (secondary N) is 2. The lowest BCUT2D eigenvalue weighted by atomic mass is 10.2. The molecule has 0 atom stereocenters. The first-order chi connectivity index (χ1) is 15.5. The van der Waals surface area contributed by atoms with Gasteiger partial charge in [-0.15, -0.1) is 10.2 Å². The topological polar surface area (TPSA) is 106 Å². The predicted molar refractivity (Wildman–Crippen MR) is 126 cm³/mol. The van der Waals surface area contributed by atoms with Gasteiger partial charge in [0.15, 0.2) is 5.16 Å². The van der Waals surface area contributed by atoms with E-state index < -0.39 is 0 Å². The molecule has 2 aromatic heterocycles. The lowest BCUT2D eigenvalue weighted by Crippen LogP contribution is -2.20. The predicted octanol–water partition coefficient (Wildman–Crippen LogP) is 4.05. The number of carbonyl (C=O) groups is 1. The fourth-order valence-corrected chi connectivity index (χ4v) is 4.47. The summed E-state index contributed by atoms with van der Waals surface area (Å²) >= 11 is 7.72. The van der Waals surface area contributed by atoms with Gasteiger partial charge < -0.3 is 4.98 Å². The lowest BCUT2D eigenvalue weighted by Gasteiger charge is -2.09. The number of aromatic nitrogens is 5. The Balaban J connectivity index is 1.40. The number of rotatable bonds is 8. The second-order valence-electron chi connectivity index (χ2n) is 7.01. The van der Waals surface area contributed by atoms with E-state index in [0.29, 0.717) is 45.2 Å². The van der Waals surface area contributed by atoms with E-state index in [-0.39, 0.29) is 24.3 Å². The monoisotopic (exact) mass is 468 g/mol. The van der Waals surface area contributed by atoms with Crippen molar-refractivity contribution in [3.8, 4) is 0 Å². The maximum atomic E-state index is 12.5. The van der Waals surface area contributed by atoms with E-state index in [1.54, 1.807) is 6.07 Å². The summed E-state index contributed by atoms with van der Waals surface area (Å²) in [6.07, 6.45) is 0.327. The minimum absolute atomic E-state index is 0.104. The largest absolute Gasteiger partial charge is 0.319 e. The third-order valence-corrected chi connectivity index (χ3v) is 6.24. The summed E-state index contributed by atoms with van der Waals surface area (Å²) in [7, 11) is 0. The normalized spacial score (nSPS) is 11.1. The number of para-hydroxylation sites is 2. The van der Waals surface area contributed by atoms with Gasteiger partial charge in [0.25, 0.3) is 5.56 Å². The van der Waals surface area contributed by atoms with Crippen molar-refractivity contribution in [1.82, 2.24) is 24.7 Å². The van der Waals surface area contributed by atoms with Crippen molar-refractivity contribution in [3.05, 3.63) is 75.2 Å². The molecule has 0 saturated carbocycles. The smallest absolute Gasteiger partial charge is 0.270 e. The molecule has 0 spiro atoms. The summed E-state index contributed by atoms with van der Waals surface area (Å²) in [4.78, 5) is 31.9. The minimum atomic E-state index is -0.286. The molecule has 32 heavy (non-hydrogen) atoms. The summed E-state index contributed by atoms with van der Waals surface area (Å²) in [6.45, 7) is 2.55. The molecule has 1 amide bonds. The molecule has 0 aliphatic rings. The van der Waals surface area contributed by atoms with Crippen LogP contribution in [0.5, 0.6) is 0 Å². The molecule has 0 radical (unpaired) electrons. The van der Waals surface area contributed by atoms with Gasteiger partial charge in [0.2, 0.25) is 11.9 Å². The summed E-state index contributed by atoms with van der Waals surface area (Å²) < 4.78 is 1.83. The van der Waals surface area contributed by atoms with Crippen LogP contribution in [0.25, 0.3) is 11.0 Å². The van der Waals surface area contributed by atoms with Gasteiger partial charge in [-0.25, -0.2) is 4.98 Å². The van der Waals surface area contributed by atoms with Gasteiger partial charge in [-0.3, -0.25) is 19.5 Å². The number of carbonyl (C=O) groups excluding carboxylic acids is 1. The van der Waals surface area contributed by atoms with Crippen LogP contribution in [0.3, 0.4) is 0 Å². The highest BCUT2D eigenvalue weighted by Gasteiger charge is 2.15. The number of hydrogen-bond donors (Lipinski definition) is 2. The second kappa shape index (κ2) is 9.97. The molecule has 0 aliphatic carbocycles. The molecule has 4 aromatic rings. The number of nitrogens with zero attached hydrogens (tertiary/aromatic N) is 4. The quantitative estimate of drug-likeness (QED) is 0.378. The highest BCUT2D eigenvalue weighted by molar-refractivity contribution is 7.98. The van der Waals surface area contributed by atoms with Crippen LogP contribution >= 0.6 is 23.4 Å². The number of amides is 1. The molecule has 0 aliphatic heterocycles. The van der Waals surface area contributed by atoms with E-state index in [9.17, 15) is 9.59 Å². The highest BCUT2D eigenvalue weighted by Crippen LogP contribution is 2.27. The zero-order valence-electron chi connectivity index (χ0n) is 17.3. The molecule has 0 fully saturated rings. The first kappa shape index (κ1) is 22.0. The summed E-state index contributed by atoms with van der Waals surface area (Å²) in [5.41, 5.74) is 2.40. The van der Waals surface area contributed by atoms with Crippen LogP contribution in [0.15, 0.2) is 58.5 Å². The average Bonchev–Trinajstić information content (AvgIpc) is 3.18. The molecule has 164 valence electrons. The highest BCUT2D eigenvalue weighted by atomic mass is 35.5. The van der Waals surface area contributed by atoms with Crippen molar-refractivity contribution < 1.29 is 4.79 Å². The minimum Gasteiger partial charge on any atom is -0.319 e. The maximum absolute atomic E-state index is 12.5. The maximum Gasteiger partial charge on any atom is 0.270 e. The molecule has 0 bridgehead atoms. The number of thioether (sulfide) groups is 1. The number of halogens is 1. The molecule has 4 rings (SSSR count). The van der Waals surface area contributed by atoms with Gasteiger partial charge in [0, 0.05) is 30.2 Å². The Morgan fingerprint density at radius 2 is 1.94 bits per heavy atom. The van der Waals surface area contributed by atoms with Gasteiger partial charge in [0.1, 0.15) is 5.69 Å². The molecule has 2 N–H and O–H groups in total. The number of fused-ring (bicyclic) bond motifs is 1. The van der Waals surface area contributed by atoms with Crippen LogP contribution in [0.2, 0.25) is 5.02 Å². The Kier molecular flexibility index (Phi) is 6.87. The molecule has 2 heterocycles. The van der Waals surface area contributed by atoms with Crippen LogP contribution < -0.4 is 10.9 Å². The van der Waals surface area contributed by atoms with Gasteiger partial charge in [-0.2, -0.15) is 0 Å². The molecular formula is C22H21ClN6O2S. The third-order valence-electron chi connectivity index (χ3n) is 4.86. The van der Waals surface area contributed by atoms with Crippen molar-refractivity contribution in [2.24, 2.45) is 0 Å². The van der Waals surface area contributed by atoms with Crippen LogP contribution in [-0.2, 0) is 23.5 Å². The molecule has 0 unspecified atom stereocenters. The van der Waals surface area contributed by atoms with Crippen molar-refractivity contribution in [3.63, 3.8) is 0 Å². The Labute approximate surface area is 193 Å². The van der Waals surface area contributed by atoms with Gasteiger partial charge >= 0.3 is 0 Å². The van der Waals surface area contributed by atoms with Crippen molar-refractivity contribution in [2.75, 3.05) is 5.32 Å². The zero-order valence-corrected chi connectivity index (χ0v) is 18.9. The Morgan fingerprint density at radius 3 is 2.75 bits per heavy atom. The molecular weight excluding hydrogens is 448 g/mol. The number of H-pyrrole nitrogens is 1. The molecule has 2 aromatic carbocycles. The fraction of sp³-hybridized carbons (Fsp3) is 0.227. The van der Waals surface area contributed by atoms with Crippen LogP contribution in [0.4, 0.5) is 5.95 Å². The number of aryl methyl sites for hydroxylation is 1. The molecule has 10 heteroatoms. The van der Waals surface area contributed by atoms with Crippen molar-refractivity contribution >= 4 is 46.3 Å². The van der Waals surface area contributed by atoms with Gasteiger partial charge in [-0.05, 0) is 30.7 Å². The number of aromatic amines is 1. The Morgan fingerprint density at radius 1 is 1.16 bits per heavy atom. The zero-order chi connectivity index (χ0) is 22.5. The Bertz CT molecular complexity index is 1320. The van der Waals surface area contributed by atoms with E-state index in [4.69, 9.17) is 11.6 Å². The molecule has 8 nitrogen and oxygen atoms in total. The number of anilines is 1. The summed E-state index contributed by atoms with van der Waals surface area (Å²) in [5, 5.41) is 12.5.